The van der Waals surface area contributed by atoms with Crippen molar-refractivity contribution in [3.63, 3.8) is 0 Å². The Balaban J connectivity index is 1.69. The Hall–Kier alpha value is -0.0800. The molecule has 2 heteroatoms. The highest BCUT2D eigenvalue weighted by molar-refractivity contribution is 4.90. The van der Waals surface area contributed by atoms with Gasteiger partial charge in [-0.2, -0.15) is 0 Å². The third-order valence-corrected chi connectivity index (χ3v) is 2.79. The van der Waals surface area contributed by atoms with Gasteiger partial charge in [0.1, 0.15) is 0 Å². The minimum absolute atomic E-state index is 0.925. The van der Waals surface area contributed by atoms with E-state index in [1.54, 1.807) is 0 Å². The zero-order valence-corrected chi connectivity index (χ0v) is 6.71. The van der Waals surface area contributed by atoms with Crippen LogP contribution in [0.25, 0.3) is 0 Å². The highest BCUT2D eigenvalue weighted by Crippen LogP contribution is 2.19. The second-order valence-electron chi connectivity index (χ2n) is 3.40. The number of hydrogen-bond donors (Lipinski definition) is 0. The van der Waals surface area contributed by atoms with Crippen LogP contribution in [-0.4, -0.2) is 48.6 Å². The first-order chi connectivity index (χ1) is 4.90. The lowest BCUT2D eigenvalue weighted by Crippen LogP contribution is -2.62. The van der Waals surface area contributed by atoms with Gasteiger partial charge in [-0.3, -0.25) is 4.90 Å². The van der Waals surface area contributed by atoms with Crippen LogP contribution in [0.5, 0.6) is 0 Å². The lowest BCUT2D eigenvalue weighted by molar-refractivity contribution is 0.00311. The molecule has 0 atom stereocenters. The number of hydrogen-bond acceptors (Lipinski definition) is 2. The highest BCUT2D eigenvalue weighted by atomic mass is 15.3. The molecule has 0 saturated carbocycles. The molecule has 0 aromatic carbocycles. The monoisotopic (exact) mass is 140 g/mol. The number of nitrogens with zero attached hydrogens (tertiary/aromatic N) is 2. The Bertz CT molecular complexity index is 114. The molecule has 0 bridgehead atoms. The van der Waals surface area contributed by atoms with Gasteiger partial charge in [-0.1, -0.05) is 6.92 Å². The van der Waals surface area contributed by atoms with E-state index in [4.69, 9.17) is 0 Å². The minimum atomic E-state index is 0.925. The van der Waals surface area contributed by atoms with Gasteiger partial charge in [0.05, 0.1) is 0 Å². The normalized spacial score (nSPS) is 29.7. The summed E-state index contributed by atoms with van der Waals surface area (Å²) < 4.78 is 0. The lowest BCUT2D eigenvalue weighted by Gasteiger charge is -2.48. The molecule has 10 heavy (non-hydrogen) atoms. The zero-order valence-electron chi connectivity index (χ0n) is 6.71. The first-order valence-corrected chi connectivity index (χ1v) is 4.36. The first-order valence-electron chi connectivity index (χ1n) is 4.36. The molecule has 0 aromatic rings. The van der Waals surface area contributed by atoms with Gasteiger partial charge in [-0.05, 0) is 26.1 Å². The Morgan fingerprint density at radius 3 is 2.40 bits per heavy atom. The summed E-state index contributed by atoms with van der Waals surface area (Å²) in [6.45, 7) is 8.87. The molecule has 0 radical (unpaired) electrons. The van der Waals surface area contributed by atoms with E-state index in [-0.39, 0.29) is 0 Å². The molecule has 2 nitrogen and oxygen atoms in total. The summed E-state index contributed by atoms with van der Waals surface area (Å²) in [7, 11) is 0. The SMILES string of the molecule is CCN1CC(N2CCC2)C1. The maximum Gasteiger partial charge on any atom is 0.0350 e. The minimum Gasteiger partial charge on any atom is -0.300 e. The van der Waals surface area contributed by atoms with Gasteiger partial charge < -0.3 is 4.90 Å². The van der Waals surface area contributed by atoms with Crippen molar-refractivity contribution in [2.45, 2.75) is 19.4 Å². The molecule has 2 rings (SSSR count). The topological polar surface area (TPSA) is 6.48 Å². The quantitative estimate of drug-likeness (QED) is 0.547. The zero-order chi connectivity index (χ0) is 6.97. The molecule has 2 fully saturated rings. The summed E-state index contributed by atoms with van der Waals surface area (Å²) in [6, 6.07) is 0.925. The van der Waals surface area contributed by atoms with E-state index in [0.717, 1.165) is 6.04 Å². The third kappa shape index (κ3) is 0.956. The van der Waals surface area contributed by atoms with Gasteiger partial charge in [0.15, 0.2) is 0 Å². The van der Waals surface area contributed by atoms with Crippen LogP contribution in [0, 0.1) is 0 Å². The van der Waals surface area contributed by atoms with Crippen molar-refractivity contribution >= 4 is 0 Å². The molecule has 2 heterocycles. The summed E-state index contributed by atoms with van der Waals surface area (Å²) in [5.41, 5.74) is 0. The van der Waals surface area contributed by atoms with Gasteiger partial charge in [0.2, 0.25) is 0 Å². The van der Waals surface area contributed by atoms with Gasteiger partial charge in [-0.25, -0.2) is 0 Å². The van der Waals surface area contributed by atoms with E-state index in [2.05, 4.69) is 16.7 Å². The fraction of sp³-hybridized carbons (Fsp3) is 1.00. The number of likely N-dealkylation sites (N-methyl/N-ethyl adjacent to an activating group) is 1. The Kier molecular flexibility index (Phi) is 1.66. The summed E-state index contributed by atoms with van der Waals surface area (Å²) >= 11 is 0. The van der Waals surface area contributed by atoms with E-state index in [1.165, 1.54) is 39.1 Å². The van der Waals surface area contributed by atoms with Crippen LogP contribution in [0.1, 0.15) is 13.3 Å². The van der Waals surface area contributed by atoms with E-state index in [9.17, 15) is 0 Å². The van der Waals surface area contributed by atoms with Crippen molar-refractivity contribution in [2.75, 3.05) is 32.7 Å². The molecular weight excluding hydrogens is 124 g/mol. The molecular formula is C8H16N2. The molecule has 0 aliphatic carbocycles. The maximum atomic E-state index is 2.60. The van der Waals surface area contributed by atoms with E-state index < -0.39 is 0 Å². The first kappa shape index (κ1) is 6.62. The predicted molar refractivity (Wildman–Crippen MR) is 42.1 cm³/mol. The van der Waals surface area contributed by atoms with Crippen LogP contribution < -0.4 is 0 Å². The maximum absolute atomic E-state index is 2.60. The fourth-order valence-electron chi connectivity index (χ4n) is 1.74. The van der Waals surface area contributed by atoms with Crippen molar-refractivity contribution in [3.05, 3.63) is 0 Å². The second-order valence-corrected chi connectivity index (χ2v) is 3.40. The Morgan fingerprint density at radius 1 is 1.30 bits per heavy atom. The van der Waals surface area contributed by atoms with Gasteiger partial charge in [-0.15, -0.1) is 0 Å². The Morgan fingerprint density at radius 2 is 2.00 bits per heavy atom. The fourth-order valence-corrected chi connectivity index (χ4v) is 1.74. The predicted octanol–water partition coefficient (Wildman–Crippen LogP) is 0.396. The van der Waals surface area contributed by atoms with Gasteiger partial charge >= 0.3 is 0 Å². The van der Waals surface area contributed by atoms with Crippen LogP contribution >= 0.6 is 0 Å². The van der Waals surface area contributed by atoms with Crippen molar-refractivity contribution in [2.24, 2.45) is 0 Å². The molecule has 0 unspecified atom stereocenters. The van der Waals surface area contributed by atoms with Crippen molar-refractivity contribution in [3.8, 4) is 0 Å². The average Bonchev–Trinajstić information content (AvgIpc) is 1.72. The van der Waals surface area contributed by atoms with Crippen molar-refractivity contribution < 1.29 is 0 Å². The van der Waals surface area contributed by atoms with E-state index in [1.807, 2.05) is 0 Å². The van der Waals surface area contributed by atoms with Crippen LogP contribution in [0.3, 0.4) is 0 Å². The molecule has 58 valence electrons. The molecule has 0 amide bonds. The van der Waals surface area contributed by atoms with E-state index >= 15 is 0 Å². The third-order valence-electron chi connectivity index (χ3n) is 2.79. The van der Waals surface area contributed by atoms with Crippen molar-refractivity contribution in [1.29, 1.82) is 0 Å². The largest absolute Gasteiger partial charge is 0.300 e. The highest BCUT2D eigenvalue weighted by Gasteiger charge is 2.32. The van der Waals surface area contributed by atoms with Crippen LogP contribution in [0.15, 0.2) is 0 Å². The molecule has 0 N–H and O–H groups in total. The Labute approximate surface area is 62.8 Å². The van der Waals surface area contributed by atoms with Crippen LogP contribution in [-0.2, 0) is 0 Å². The summed E-state index contributed by atoms with van der Waals surface area (Å²) in [5, 5.41) is 0. The molecule has 2 aliphatic heterocycles. The average molecular weight is 140 g/mol. The molecule has 2 aliphatic rings. The summed E-state index contributed by atoms with van der Waals surface area (Å²) in [4.78, 5) is 5.11. The smallest absolute Gasteiger partial charge is 0.0350 e. The van der Waals surface area contributed by atoms with Crippen LogP contribution in [0.4, 0.5) is 0 Å². The van der Waals surface area contributed by atoms with Gasteiger partial charge in [0, 0.05) is 19.1 Å². The molecule has 0 spiro atoms. The lowest BCUT2D eigenvalue weighted by atomic mass is 10.0. The molecule has 2 saturated heterocycles. The second kappa shape index (κ2) is 2.51. The summed E-state index contributed by atoms with van der Waals surface area (Å²) in [6.07, 6.45) is 1.43. The van der Waals surface area contributed by atoms with Gasteiger partial charge in [0.25, 0.3) is 0 Å². The van der Waals surface area contributed by atoms with Crippen LogP contribution in [0.2, 0.25) is 0 Å². The summed E-state index contributed by atoms with van der Waals surface area (Å²) in [5.74, 6) is 0. The standard InChI is InChI=1S/C8H16N2/c1-2-9-6-8(7-9)10-4-3-5-10/h8H,2-7H2,1H3. The number of likely N-dealkylation sites (tertiary alicyclic amines) is 2. The van der Waals surface area contributed by atoms with E-state index in [0.29, 0.717) is 0 Å². The van der Waals surface area contributed by atoms with Crippen molar-refractivity contribution in [1.82, 2.24) is 9.80 Å². The number of rotatable bonds is 2. The molecule has 0 aromatic heterocycles.